The second-order valence-corrected chi connectivity index (χ2v) is 3.63. The molecule has 0 saturated carbocycles. The summed E-state index contributed by atoms with van der Waals surface area (Å²) in [5.41, 5.74) is 0. The Hall–Kier alpha value is -1.32. The van der Waals surface area contributed by atoms with Crippen LogP contribution in [0.2, 0.25) is 0 Å². The summed E-state index contributed by atoms with van der Waals surface area (Å²) in [5.74, 6) is -2.00. The molecule has 0 radical (unpaired) electrons. The highest BCUT2D eigenvalue weighted by Crippen LogP contribution is 2.11. The predicted octanol–water partition coefficient (Wildman–Crippen LogP) is 0.965. The molecule has 4 nitrogen and oxygen atoms in total. The summed E-state index contributed by atoms with van der Waals surface area (Å²) in [7, 11) is 0. The van der Waals surface area contributed by atoms with Crippen LogP contribution >= 0.6 is 0 Å². The Labute approximate surface area is 89.0 Å². The largest absolute Gasteiger partial charge is 0.303 e. The maximum atomic E-state index is 11.4. The molecular weight excluding hydrogens is 196 g/mol. The molecule has 0 aliphatic heterocycles. The van der Waals surface area contributed by atoms with Crippen LogP contribution in [0.4, 0.5) is 0 Å². The molecule has 0 amide bonds. The van der Waals surface area contributed by atoms with E-state index in [0.717, 1.165) is 6.29 Å². The molecule has 0 heterocycles. The number of Topliss-reactive ketones (excluding diaryl/α,β-unsaturated/α-hetero) is 2. The maximum absolute atomic E-state index is 11.4. The summed E-state index contributed by atoms with van der Waals surface area (Å²) >= 11 is 0. The van der Waals surface area contributed by atoms with Crippen molar-refractivity contribution in [2.75, 3.05) is 0 Å². The molecule has 0 fully saturated rings. The quantitative estimate of drug-likeness (QED) is 0.341. The molecule has 0 aliphatic carbocycles. The van der Waals surface area contributed by atoms with Crippen molar-refractivity contribution in [3.05, 3.63) is 0 Å². The summed E-state index contributed by atoms with van der Waals surface area (Å²) in [6.07, 6.45) is 2.16. The van der Waals surface area contributed by atoms with E-state index in [0.29, 0.717) is 12.7 Å². The van der Waals surface area contributed by atoms with Crippen molar-refractivity contribution in [1.29, 1.82) is 0 Å². The first-order valence-electron chi connectivity index (χ1n) is 5.00. The standard InChI is InChI=1S/C11H16O4/c1-8(7-13)9(2)11(15)10(14)5-3-4-6-12/h6-9H,3-5H2,1-2H3. The van der Waals surface area contributed by atoms with Crippen molar-refractivity contribution in [2.45, 2.75) is 33.1 Å². The summed E-state index contributed by atoms with van der Waals surface area (Å²) in [6.45, 7) is 3.17. The molecule has 2 unspecified atom stereocenters. The van der Waals surface area contributed by atoms with Gasteiger partial charge in [-0.15, -0.1) is 0 Å². The first kappa shape index (κ1) is 13.7. The first-order valence-corrected chi connectivity index (χ1v) is 5.00. The third-order valence-electron chi connectivity index (χ3n) is 2.42. The molecule has 0 spiro atoms. The van der Waals surface area contributed by atoms with Gasteiger partial charge >= 0.3 is 0 Å². The number of hydrogen-bond acceptors (Lipinski definition) is 4. The lowest BCUT2D eigenvalue weighted by molar-refractivity contribution is -0.140. The van der Waals surface area contributed by atoms with E-state index in [1.54, 1.807) is 13.8 Å². The van der Waals surface area contributed by atoms with E-state index in [1.807, 2.05) is 0 Å². The third-order valence-corrected chi connectivity index (χ3v) is 2.42. The number of carbonyl (C=O) groups is 4. The van der Waals surface area contributed by atoms with Gasteiger partial charge in [-0.3, -0.25) is 9.59 Å². The van der Waals surface area contributed by atoms with Gasteiger partial charge in [0.1, 0.15) is 12.6 Å². The molecule has 84 valence electrons. The van der Waals surface area contributed by atoms with Crippen molar-refractivity contribution in [3.8, 4) is 0 Å². The summed E-state index contributed by atoms with van der Waals surface area (Å²) < 4.78 is 0. The average Bonchev–Trinajstić information content (AvgIpc) is 2.26. The molecule has 4 heteroatoms. The van der Waals surface area contributed by atoms with E-state index >= 15 is 0 Å². The van der Waals surface area contributed by atoms with Crippen molar-refractivity contribution in [1.82, 2.24) is 0 Å². The molecule has 0 aromatic rings. The van der Waals surface area contributed by atoms with E-state index in [9.17, 15) is 19.2 Å². The monoisotopic (exact) mass is 212 g/mol. The number of ketones is 2. The van der Waals surface area contributed by atoms with Gasteiger partial charge in [-0.05, 0) is 6.42 Å². The van der Waals surface area contributed by atoms with Gasteiger partial charge in [-0.2, -0.15) is 0 Å². The Morgan fingerprint density at radius 3 is 2.27 bits per heavy atom. The van der Waals surface area contributed by atoms with E-state index in [-0.39, 0.29) is 12.8 Å². The summed E-state index contributed by atoms with van der Waals surface area (Å²) in [5, 5.41) is 0. The average molecular weight is 212 g/mol. The van der Waals surface area contributed by atoms with Gasteiger partial charge in [-0.1, -0.05) is 13.8 Å². The number of carbonyl (C=O) groups excluding carboxylic acids is 4. The van der Waals surface area contributed by atoms with Crippen molar-refractivity contribution >= 4 is 24.1 Å². The second-order valence-electron chi connectivity index (χ2n) is 3.63. The predicted molar refractivity (Wildman–Crippen MR) is 54.3 cm³/mol. The van der Waals surface area contributed by atoms with Crippen LogP contribution in [0.1, 0.15) is 33.1 Å². The van der Waals surface area contributed by atoms with Crippen LogP contribution in [0, 0.1) is 11.8 Å². The molecule has 0 saturated heterocycles. The zero-order valence-corrected chi connectivity index (χ0v) is 9.06. The van der Waals surface area contributed by atoms with Crippen LogP contribution in [0.15, 0.2) is 0 Å². The molecule has 0 bridgehead atoms. The maximum Gasteiger partial charge on any atom is 0.201 e. The SMILES string of the molecule is CC(C=O)C(C)C(=O)C(=O)CCCC=O. The highest BCUT2D eigenvalue weighted by atomic mass is 16.2. The zero-order valence-electron chi connectivity index (χ0n) is 9.06. The van der Waals surface area contributed by atoms with E-state index < -0.39 is 23.4 Å². The Kier molecular flexibility index (Phi) is 6.42. The van der Waals surface area contributed by atoms with Gasteiger partial charge in [0.15, 0.2) is 5.78 Å². The minimum absolute atomic E-state index is 0.0908. The Balaban J connectivity index is 4.13. The van der Waals surface area contributed by atoms with Crippen molar-refractivity contribution in [2.24, 2.45) is 11.8 Å². The van der Waals surface area contributed by atoms with Crippen molar-refractivity contribution in [3.63, 3.8) is 0 Å². The Morgan fingerprint density at radius 2 is 1.80 bits per heavy atom. The topological polar surface area (TPSA) is 68.3 Å². The van der Waals surface area contributed by atoms with E-state index in [2.05, 4.69) is 0 Å². The van der Waals surface area contributed by atoms with Gasteiger partial charge in [0.2, 0.25) is 5.78 Å². The van der Waals surface area contributed by atoms with Gasteiger partial charge in [-0.25, -0.2) is 0 Å². The second kappa shape index (κ2) is 7.04. The van der Waals surface area contributed by atoms with Crippen LogP contribution in [0.25, 0.3) is 0 Å². The zero-order chi connectivity index (χ0) is 11.8. The fraction of sp³-hybridized carbons (Fsp3) is 0.636. The van der Waals surface area contributed by atoms with Crippen LogP contribution in [-0.2, 0) is 19.2 Å². The highest BCUT2D eigenvalue weighted by molar-refractivity contribution is 6.38. The lowest BCUT2D eigenvalue weighted by Gasteiger charge is -2.11. The molecule has 0 rings (SSSR count). The third kappa shape index (κ3) is 4.63. The smallest absolute Gasteiger partial charge is 0.201 e. The Morgan fingerprint density at radius 1 is 1.20 bits per heavy atom. The number of hydrogen-bond donors (Lipinski definition) is 0. The molecule has 0 aromatic carbocycles. The molecule has 15 heavy (non-hydrogen) atoms. The molecular formula is C11H16O4. The van der Waals surface area contributed by atoms with Crippen LogP contribution in [-0.4, -0.2) is 24.1 Å². The first-order chi connectivity index (χ1) is 7.04. The molecule has 0 aromatic heterocycles. The number of rotatable bonds is 8. The van der Waals surface area contributed by atoms with Crippen LogP contribution in [0.3, 0.4) is 0 Å². The van der Waals surface area contributed by atoms with E-state index in [1.165, 1.54) is 0 Å². The fourth-order valence-electron chi connectivity index (χ4n) is 1.08. The highest BCUT2D eigenvalue weighted by Gasteiger charge is 2.24. The van der Waals surface area contributed by atoms with Gasteiger partial charge < -0.3 is 9.59 Å². The lowest BCUT2D eigenvalue weighted by atomic mass is 9.90. The van der Waals surface area contributed by atoms with Crippen LogP contribution < -0.4 is 0 Å². The Bertz CT molecular complexity index is 257. The van der Waals surface area contributed by atoms with Gasteiger partial charge in [0.05, 0.1) is 0 Å². The summed E-state index contributed by atoms with van der Waals surface area (Å²) in [6, 6.07) is 0. The lowest BCUT2D eigenvalue weighted by Crippen LogP contribution is -2.27. The molecule has 2 atom stereocenters. The molecule has 0 N–H and O–H groups in total. The van der Waals surface area contributed by atoms with Crippen LogP contribution in [0.5, 0.6) is 0 Å². The minimum Gasteiger partial charge on any atom is -0.303 e. The normalized spacial score (nSPS) is 14.0. The van der Waals surface area contributed by atoms with Gasteiger partial charge in [0, 0.05) is 24.7 Å². The minimum atomic E-state index is -0.564. The number of aldehydes is 2. The molecule has 0 aliphatic rings. The van der Waals surface area contributed by atoms with E-state index in [4.69, 9.17) is 0 Å². The fourth-order valence-corrected chi connectivity index (χ4v) is 1.08. The number of unbranched alkanes of at least 4 members (excludes halogenated alkanes) is 1. The van der Waals surface area contributed by atoms with Gasteiger partial charge in [0.25, 0.3) is 0 Å². The summed E-state index contributed by atoms with van der Waals surface area (Å²) in [4.78, 5) is 43.2. The van der Waals surface area contributed by atoms with Crippen molar-refractivity contribution < 1.29 is 19.2 Å².